The van der Waals surface area contributed by atoms with Crippen molar-refractivity contribution in [3.05, 3.63) is 35.4 Å². The fourth-order valence-corrected chi connectivity index (χ4v) is 1.27. The Kier molecular flexibility index (Phi) is 1.73. The third kappa shape index (κ3) is 1.26. The van der Waals surface area contributed by atoms with E-state index in [4.69, 9.17) is 0 Å². The van der Waals surface area contributed by atoms with E-state index in [0.717, 1.165) is 0 Å². The maximum Gasteiger partial charge on any atom is 0.253 e. The van der Waals surface area contributed by atoms with Crippen molar-refractivity contribution in [2.45, 2.75) is 0 Å². The molecule has 2 amide bonds. The number of hydrogen-bond acceptors (Lipinski definition) is 2. The molecule has 4 heteroatoms. The van der Waals surface area contributed by atoms with Gasteiger partial charge in [0.2, 0.25) is 0 Å². The average molecular weight is 176 g/mol. The lowest BCUT2D eigenvalue weighted by Crippen LogP contribution is -2.32. The Morgan fingerprint density at radius 2 is 1.38 bits per heavy atom. The normalized spacial score (nSPS) is 15.4. The van der Waals surface area contributed by atoms with E-state index in [1.54, 1.807) is 24.3 Å². The third-order valence-electron chi connectivity index (χ3n) is 1.91. The molecule has 0 fully saturated rings. The molecule has 2 rings (SSSR count). The summed E-state index contributed by atoms with van der Waals surface area (Å²) < 4.78 is 0. The predicted molar refractivity (Wildman–Crippen MR) is 46.2 cm³/mol. The quantitative estimate of drug-likeness (QED) is 0.589. The molecule has 0 unspecified atom stereocenters. The standard InChI is InChI=1S/C9H8N2O2/c12-8-6-3-1-2-4-7(6)9(13)11-5-10-8/h1-4H,5H2,(H,10,12)(H,11,13). The summed E-state index contributed by atoms with van der Waals surface area (Å²) >= 11 is 0. The van der Waals surface area contributed by atoms with Crippen molar-refractivity contribution in [2.24, 2.45) is 0 Å². The minimum absolute atomic E-state index is 0.187. The van der Waals surface area contributed by atoms with Gasteiger partial charge in [0.1, 0.15) is 0 Å². The Bertz CT molecular complexity index is 339. The van der Waals surface area contributed by atoms with Gasteiger partial charge in [0.25, 0.3) is 11.8 Å². The van der Waals surface area contributed by atoms with Gasteiger partial charge < -0.3 is 10.6 Å². The summed E-state index contributed by atoms with van der Waals surface area (Å²) in [5, 5.41) is 5.12. The van der Waals surface area contributed by atoms with Crippen LogP contribution in [-0.2, 0) is 0 Å². The molecule has 0 atom stereocenters. The first kappa shape index (κ1) is 7.79. The molecule has 13 heavy (non-hydrogen) atoms. The fourth-order valence-electron chi connectivity index (χ4n) is 1.27. The maximum atomic E-state index is 11.3. The van der Waals surface area contributed by atoms with E-state index >= 15 is 0 Å². The van der Waals surface area contributed by atoms with Crippen molar-refractivity contribution in [1.82, 2.24) is 10.6 Å². The summed E-state index contributed by atoms with van der Waals surface area (Å²) in [6.07, 6.45) is 0. The Morgan fingerprint density at radius 3 is 1.85 bits per heavy atom. The number of nitrogens with one attached hydrogen (secondary N) is 2. The lowest BCUT2D eigenvalue weighted by Gasteiger charge is -1.99. The molecule has 0 saturated heterocycles. The molecule has 1 aliphatic rings. The van der Waals surface area contributed by atoms with E-state index in [9.17, 15) is 9.59 Å². The van der Waals surface area contributed by atoms with Crippen LogP contribution >= 0.6 is 0 Å². The van der Waals surface area contributed by atoms with Gasteiger partial charge in [-0.15, -0.1) is 0 Å². The lowest BCUT2D eigenvalue weighted by molar-refractivity contribution is 0.0947. The number of rotatable bonds is 0. The van der Waals surface area contributed by atoms with E-state index in [1.807, 2.05) is 0 Å². The molecule has 0 bridgehead atoms. The van der Waals surface area contributed by atoms with Gasteiger partial charge in [0.05, 0.1) is 17.8 Å². The van der Waals surface area contributed by atoms with Gasteiger partial charge in [0, 0.05) is 0 Å². The van der Waals surface area contributed by atoms with E-state index in [-0.39, 0.29) is 18.5 Å². The van der Waals surface area contributed by atoms with Crippen molar-refractivity contribution in [3.8, 4) is 0 Å². The van der Waals surface area contributed by atoms with Gasteiger partial charge in [0.15, 0.2) is 0 Å². The molecule has 0 saturated carbocycles. The first-order valence-corrected chi connectivity index (χ1v) is 3.94. The zero-order valence-corrected chi connectivity index (χ0v) is 6.83. The van der Waals surface area contributed by atoms with Crippen LogP contribution in [0.1, 0.15) is 20.7 Å². The molecular formula is C9H8N2O2. The first-order chi connectivity index (χ1) is 6.29. The first-order valence-electron chi connectivity index (χ1n) is 3.94. The number of hydrogen-bond donors (Lipinski definition) is 2. The van der Waals surface area contributed by atoms with Crippen molar-refractivity contribution in [2.75, 3.05) is 6.67 Å². The number of carbonyl (C=O) groups is 2. The van der Waals surface area contributed by atoms with Crippen molar-refractivity contribution >= 4 is 11.8 Å². The highest BCUT2D eigenvalue weighted by Gasteiger charge is 2.18. The summed E-state index contributed by atoms with van der Waals surface area (Å²) in [5.41, 5.74) is 0.856. The molecule has 1 aromatic carbocycles. The predicted octanol–water partition coefficient (Wildman–Crippen LogP) is 0.117. The summed E-state index contributed by atoms with van der Waals surface area (Å²) in [4.78, 5) is 22.7. The van der Waals surface area contributed by atoms with Crippen molar-refractivity contribution in [1.29, 1.82) is 0 Å². The van der Waals surface area contributed by atoms with Crippen molar-refractivity contribution < 1.29 is 9.59 Å². The second-order valence-corrected chi connectivity index (χ2v) is 2.73. The van der Waals surface area contributed by atoms with Crippen LogP contribution in [0.25, 0.3) is 0 Å². The summed E-state index contributed by atoms with van der Waals surface area (Å²) in [5.74, 6) is -0.428. The molecule has 2 N–H and O–H groups in total. The minimum Gasteiger partial charge on any atom is -0.335 e. The SMILES string of the molecule is O=C1NCNC(=O)c2ccccc21. The highest BCUT2D eigenvalue weighted by Crippen LogP contribution is 2.09. The molecule has 1 aliphatic heterocycles. The fraction of sp³-hybridized carbons (Fsp3) is 0.111. The van der Waals surface area contributed by atoms with E-state index in [2.05, 4.69) is 10.6 Å². The Labute approximate surface area is 74.9 Å². The molecule has 0 spiro atoms. The topological polar surface area (TPSA) is 58.2 Å². The number of fused-ring (bicyclic) bond motifs is 1. The zero-order valence-electron chi connectivity index (χ0n) is 6.83. The molecule has 66 valence electrons. The molecule has 1 aromatic rings. The van der Waals surface area contributed by atoms with Gasteiger partial charge >= 0.3 is 0 Å². The average Bonchev–Trinajstić information content (AvgIpc) is 2.29. The monoisotopic (exact) mass is 176 g/mol. The second kappa shape index (κ2) is 2.90. The maximum absolute atomic E-state index is 11.3. The van der Waals surface area contributed by atoms with Crippen LogP contribution in [0.2, 0.25) is 0 Å². The summed E-state index contributed by atoms with van der Waals surface area (Å²) in [7, 11) is 0. The summed E-state index contributed by atoms with van der Waals surface area (Å²) in [6.45, 7) is 0.187. The molecule has 1 heterocycles. The molecular weight excluding hydrogens is 168 g/mol. The van der Waals surface area contributed by atoms with Crippen LogP contribution in [0.15, 0.2) is 24.3 Å². The molecule has 4 nitrogen and oxygen atoms in total. The molecule has 0 aromatic heterocycles. The largest absolute Gasteiger partial charge is 0.335 e. The summed E-state index contributed by atoms with van der Waals surface area (Å²) in [6, 6.07) is 6.74. The van der Waals surface area contributed by atoms with Crippen LogP contribution in [0.3, 0.4) is 0 Å². The lowest BCUT2D eigenvalue weighted by atomic mass is 10.1. The van der Waals surface area contributed by atoms with Crippen LogP contribution in [-0.4, -0.2) is 18.5 Å². The van der Waals surface area contributed by atoms with Crippen LogP contribution in [0, 0.1) is 0 Å². The highest BCUT2D eigenvalue weighted by atomic mass is 16.2. The number of benzene rings is 1. The minimum atomic E-state index is -0.214. The van der Waals surface area contributed by atoms with E-state index < -0.39 is 0 Å². The highest BCUT2D eigenvalue weighted by molar-refractivity contribution is 6.08. The van der Waals surface area contributed by atoms with Crippen LogP contribution < -0.4 is 10.6 Å². The van der Waals surface area contributed by atoms with Gasteiger partial charge in [-0.1, -0.05) is 12.1 Å². The number of carbonyl (C=O) groups excluding carboxylic acids is 2. The van der Waals surface area contributed by atoms with Gasteiger partial charge in [-0.25, -0.2) is 0 Å². The van der Waals surface area contributed by atoms with Gasteiger partial charge in [-0.2, -0.15) is 0 Å². The van der Waals surface area contributed by atoms with Gasteiger partial charge in [-0.05, 0) is 12.1 Å². The van der Waals surface area contributed by atoms with Crippen molar-refractivity contribution in [3.63, 3.8) is 0 Å². The Morgan fingerprint density at radius 1 is 0.923 bits per heavy atom. The second-order valence-electron chi connectivity index (χ2n) is 2.73. The zero-order chi connectivity index (χ0) is 9.26. The smallest absolute Gasteiger partial charge is 0.253 e. The van der Waals surface area contributed by atoms with E-state index in [1.165, 1.54) is 0 Å². The van der Waals surface area contributed by atoms with Crippen LogP contribution in [0.5, 0.6) is 0 Å². The Balaban J connectivity index is 2.57. The van der Waals surface area contributed by atoms with Gasteiger partial charge in [-0.3, -0.25) is 9.59 Å². The Hall–Kier alpha value is -1.84. The van der Waals surface area contributed by atoms with E-state index in [0.29, 0.717) is 11.1 Å². The molecule has 0 aliphatic carbocycles. The number of amides is 2. The third-order valence-corrected chi connectivity index (χ3v) is 1.91. The van der Waals surface area contributed by atoms with Crippen LogP contribution in [0.4, 0.5) is 0 Å². The molecule has 0 radical (unpaired) electrons.